The van der Waals surface area contributed by atoms with Crippen LogP contribution in [0.5, 0.6) is 5.75 Å². The molecule has 6 nitrogen and oxygen atoms in total. The SMILES string of the molecule is CC[C@@H](Oc1ccccc1)C(=O)N1CCN(CC(=O)Nc2ccccc2Cl)CC1. The summed E-state index contributed by atoms with van der Waals surface area (Å²) in [6.45, 7) is 4.65. The number of hydrogen-bond acceptors (Lipinski definition) is 4. The Morgan fingerprint density at radius 3 is 2.34 bits per heavy atom. The van der Waals surface area contributed by atoms with Crippen molar-refractivity contribution < 1.29 is 14.3 Å². The number of nitrogens with zero attached hydrogens (tertiary/aromatic N) is 2. The molecule has 1 saturated heterocycles. The first kappa shape index (κ1) is 21.1. The van der Waals surface area contributed by atoms with Crippen molar-refractivity contribution >= 4 is 29.1 Å². The number of benzene rings is 2. The Balaban J connectivity index is 1.47. The van der Waals surface area contributed by atoms with Gasteiger partial charge in [0.05, 0.1) is 17.3 Å². The number of nitrogens with one attached hydrogen (secondary N) is 1. The molecule has 0 bridgehead atoms. The van der Waals surface area contributed by atoms with Crippen molar-refractivity contribution in [2.24, 2.45) is 0 Å². The summed E-state index contributed by atoms with van der Waals surface area (Å²) in [5, 5.41) is 3.35. The Morgan fingerprint density at radius 2 is 1.69 bits per heavy atom. The number of amides is 2. The smallest absolute Gasteiger partial charge is 0.263 e. The molecule has 29 heavy (non-hydrogen) atoms. The fourth-order valence-corrected chi connectivity index (χ4v) is 3.44. The molecule has 1 atom stereocenters. The van der Waals surface area contributed by atoms with E-state index in [-0.39, 0.29) is 18.4 Å². The minimum absolute atomic E-state index is 0.00322. The second kappa shape index (κ2) is 10.3. The third kappa shape index (κ3) is 5.95. The van der Waals surface area contributed by atoms with E-state index in [9.17, 15) is 9.59 Å². The normalized spacial score (nSPS) is 15.6. The molecule has 0 radical (unpaired) electrons. The van der Waals surface area contributed by atoms with Gasteiger partial charge in [-0.05, 0) is 30.7 Å². The number of hydrogen-bond donors (Lipinski definition) is 1. The minimum atomic E-state index is -0.493. The van der Waals surface area contributed by atoms with E-state index in [1.54, 1.807) is 12.1 Å². The van der Waals surface area contributed by atoms with E-state index in [0.717, 1.165) is 0 Å². The largest absolute Gasteiger partial charge is 0.481 e. The molecule has 2 aromatic rings. The summed E-state index contributed by atoms with van der Waals surface area (Å²) >= 11 is 6.08. The molecule has 0 aromatic heterocycles. The second-order valence-electron chi connectivity index (χ2n) is 6.96. The lowest BCUT2D eigenvalue weighted by Crippen LogP contribution is -2.53. The van der Waals surface area contributed by atoms with Crippen LogP contribution >= 0.6 is 11.6 Å². The van der Waals surface area contributed by atoms with Gasteiger partial charge >= 0.3 is 0 Å². The fourth-order valence-electron chi connectivity index (χ4n) is 3.26. The predicted molar refractivity (Wildman–Crippen MR) is 114 cm³/mol. The molecule has 0 unspecified atom stereocenters. The first-order chi connectivity index (χ1) is 14.1. The molecular formula is C22H26ClN3O3. The highest BCUT2D eigenvalue weighted by Gasteiger charge is 2.28. The molecule has 3 rings (SSSR count). The van der Waals surface area contributed by atoms with Gasteiger partial charge in [-0.2, -0.15) is 0 Å². The zero-order valence-electron chi connectivity index (χ0n) is 16.5. The van der Waals surface area contributed by atoms with Crippen molar-refractivity contribution in [1.82, 2.24) is 9.80 Å². The number of carbonyl (C=O) groups excluding carboxylic acids is 2. The lowest BCUT2D eigenvalue weighted by Gasteiger charge is -2.35. The van der Waals surface area contributed by atoms with Gasteiger partial charge in [-0.3, -0.25) is 14.5 Å². The zero-order valence-corrected chi connectivity index (χ0v) is 17.3. The maximum Gasteiger partial charge on any atom is 0.263 e. The average Bonchev–Trinajstić information content (AvgIpc) is 2.74. The molecule has 154 valence electrons. The maximum absolute atomic E-state index is 12.8. The highest BCUT2D eigenvalue weighted by atomic mass is 35.5. The Hall–Kier alpha value is -2.57. The number of para-hydroxylation sites is 2. The van der Waals surface area contributed by atoms with Gasteiger partial charge in [0.1, 0.15) is 5.75 Å². The van der Waals surface area contributed by atoms with Crippen LogP contribution in [0.2, 0.25) is 5.02 Å². The van der Waals surface area contributed by atoms with Crippen LogP contribution in [0.1, 0.15) is 13.3 Å². The average molecular weight is 416 g/mol. The van der Waals surface area contributed by atoms with Crippen LogP contribution < -0.4 is 10.1 Å². The van der Waals surface area contributed by atoms with E-state index in [0.29, 0.717) is 49.1 Å². The summed E-state index contributed by atoms with van der Waals surface area (Å²) in [6.07, 6.45) is 0.112. The number of halogens is 1. The fraction of sp³-hybridized carbons (Fsp3) is 0.364. The molecule has 0 spiro atoms. The Kier molecular flexibility index (Phi) is 7.49. The molecule has 1 heterocycles. The monoisotopic (exact) mass is 415 g/mol. The summed E-state index contributed by atoms with van der Waals surface area (Å²) in [5.74, 6) is 0.579. The van der Waals surface area contributed by atoms with Crippen LogP contribution in [-0.4, -0.2) is 60.4 Å². The molecule has 0 aliphatic carbocycles. The van der Waals surface area contributed by atoms with E-state index in [1.165, 1.54) is 0 Å². The van der Waals surface area contributed by atoms with Gasteiger partial charge in [-0.1, -0.05) is 48.9 Å². The van der Waals surface area contributed by atoms with Gasteiger partial charge in [-0.15, -0.1) is 0 Å². The highest BCUT2D eigenvalue weighted by Crippen LogP contribution is 2.20. The second-order valence-corrected chi connectivity index (χ2v) is 7.36. The summed E-state index contributed by atoms with van der Waals surface area (Å²) in [4.78, 5) is 29.0. The zero-order chi connectivity index (χ0) is 20.6. The first-order valence-corrected chi connectivity index (χ1v) is 10.2. The molecule has 2 amide bonds. The number of ether oxygens (including phenoxy) is 1. The van der Waals surface area contributed by atoms with Crippen molar-refractivity contribution in [3.63, 3.8) is 0 Å². The highest BCUT2D eigenvalue weighted by molar-refractivity contribution is 6.33. The topological polar surface area (TPSA) is 61.9 Å². The molecule has 2 aromatic carbocycles. The predicted octanol–water partition coefficient (Wildman–Crippen LogP) is 3.28. The van der Waals surface area contributed by atoms with Gasteiger partial charge in [0.15, 0.2) is 6.10 Å². The molecule has 0 saturated carbocycles. The number of rotatable bonds is 7. The van der Waals surface area contributed by atoms with Crippen LogP contribution in [0, 0.1) is 0 Å². The van der Waals surface area contributed by atoms with Gasteiger partial charge in [0.25, 0.3) is 5.91 Å². The molecule has 1 N–H and O–H groups in total. The van der Waals surface area contributed by atoms with E-state index in [4.69, 9.17) is 16.3 Å². The van der Waals surface area contributed by atoms with E-state index < -0.39 is 6.10 Å². The Labute approximate surface area is 176 Å². The number of piperazine rings is 1. The molecule has 1 fully saturated rings. The van der Waals surface area contributed by atoms with Crippen molar-refractivity contribution in [3.05, 3.63) is 59.6 Å². The van der Waals surface area contributed by atoms with E-state index in [2.05, 4.69) is 5.32 Å². The summed E-state index contributed by atoms with van der Waals surface area (Å²) < 4.78 is 5.87. The van der Waals surface area contributed by atoms with Gasteiger partial charge in [0.2, 0.25) is 5.91 Å². The molecule has 7 heteroatoms. The van der Waals surface area contributed by atoms with Crippen LogP contribution in [0.3, 0.4) is 0 Å². The summed E-state index contributed by atoms with van der Waals surface area (Å²) in [7, 11) is 0. The van der Waals surface area contributed by atoms with E-state index >= 15 is 0 Å². The van der Waals surface area contributed by atoms with Crippen molar-refractivity contribution in [1.29, 1.82) is 0 Å². The summed E-state index contributed by atoms with van der Waals surface area (Å²) in [5.41, 5.74) is 0.608. The third-order valence-electron chi connectivity index (χ3n) is 4.87. The molecular weight excluding hydrogens is 390 g/mol. The van der Waals surface area contributed by atoms with Crippen LogP contribution in [-0.2, 0) is 9.59 Å². The number of carbonyl (C=O) groups is 2. The molecule has 1 aliphatic rings. The molecule has 1 aliphatic heterocycles. The van der Waals surface area contributed by atoms with Crippen LogP contribution in [0.25, 0.3) is 0 Å². The van der Waals surface area contributed by atoms with Crippen molar-refractivity contribution in [2.75, 3.05) is 38.0 Å². The van der Waals surface area contributed by atoms with Crippen LogP contribution in [0.4, 0.5) is 5.69 Å². The minimum Gasteiger partial charge on any atom is -0.481 e. The Bertz CT molecular complexity index is 823. The maximum atomic E-state index is 12.8. The van der Waals surface area contributed by atoms with Gasteiger partial charge < -0.3 is 15.0 Å². The standard InChI is InChI=1S/C22H26ClN3O3/c1-2-20(29-17-8-4-3-5-9-17)22(28)26-14-12-25(13-15-26)16-21(27)24-19-11-7-6-10-18(19)23/h3-11,20H,2,12-16H2,1H3,(H,24,27)/t20-/m1/s1. The van der Waals surface area contributed by atoms with Crippen LogP contribution in [0.15, 0.2) is 54.6 Å². The first-order valence-electron chi connectivity index (χ1n) is 9.84. The van der Waals surface area contributed by atoms with Gasteiger partial charge in [0, 0.05) is 26.2 Å². The Morgan fingerprint density at radius 1 is 1.03 bits per heavy atom. The quantitative estimate of drug-likeness (QED) is 0.753. The lowest BCUT2D eigenvalue weighted by molar-refractivity contribution is -0.140. The summed E-state index contributed by atoms with van der Waals surface area (Å²) in [6, 6.07) is 16.6. The van der Waals surface area contributed by atoms with Gasteiger partial charge in [-0.25, -0.2) is 0 Å². The van der Waals surface area contributed by atoms with Crippen molar-refractivity contribution in [2.45, 2.75) is 19.4 Å². The van der Waals surface area contributed by atoms with Crippen molar-refractivity contribution in [3.8, 4) is 5.75 Å². The lowest BCUT2D eigenvalue weighted by atomic mass is 10.2. The van der Waals surface area contributed by atoms with E-state index in [1.807, 2.05) is 59.2 Å². The number of anilines is 1. The third-order valence-corrected chi connectivity index (χ3v) is 5.20.